The highest BCUT2D eigenvalue weighted by Gasteiger charge is 2.45. The van der Waals surface area contributed by atoms with E-state index in [1.54, 1.807) is 0 Å². The van der Waals surface area contributed by atoms with Crippen molar-refractivity contribution in [2.45, 2.75) is 45.6 Å². The maximum atomic E-state index is 8.69. The SMILES string of the molecule is O=C=O.[C-]#[N+]N1C[C@@H]2CC[C@H](C)[C@H](C)[C@H]2C[C@H]1c1[nH]c2ccccc2c1CCN=[N+]=[N-]. The number of piperidine rings is 1. The molecule has 1 saturated carbocycles. The Kier molecular flexibility index (Phi) is 7.36. The molecule has 1 aliphatic heterocycles. The summed E-state index contributed by atoms with van der Waals surface area (Å²) in [4.78, 5) is 26.7. The monoisotopic (exact) mass is 420 g/mol. The zero-order valence-corrected chi connectivity index (χ0v) is 18.0. The smallest absolute Gasteiger partial charge is 0.356 e. The van der Waals surface area contributed by atoms with Crippen LogP contribution in [0.15, 0.2) is 29.4 Å². The summed E-state index contributed by atoms with van der Waals surface area (Å²) in [6, 6.07) is 8.38. The predicted octanol–water partition coefficient (Wildman–Crippen LogP) is 5.32. The van der Waals surface area contributed by atoms with Crippen LogP contribution in [0.4, 0.5) is 0 Å². The van der Waals surface area contributed by atoms with Crippen LogP contribution in [-0.2, 0) is 16.0 Å². The number of rotatable bonds is 4. The van der Waals surface area contributed by atoms with Crippen molar-refractivity contribution in [2.24, 2.45) is 28.8 Å². The molecule has 5 atom stereocenters. The van der Waals surface area contributed by atoms with Crippen molar-refractivity contribution in [3.8, 4) is 0 Å². The number of aromatic amines is 1. The standard InChI is InChI=1S/C22H28N6.CO2/c1-14-8-9-16-13-28(24-3)21(12-19(16)15(14)2)22-18(10-11-25-27-23)17-6-4-5-7-20(17)26-22;2-1-3/h4-7,14-16,19,21,26H,8-13H2,1-2H3;/t14-,15-,16-,19+,21-;/m0./s1. The quantitative estimate of drug-likeness (QED) is 0.313. The molecule has 1 aliphatic carbocycles. The molecule has 1 saturated heterocycles. The number of benzene rings is 1. The first-order valence-corrected chi connectivity index (χ1v) is 10.8. The van der Waals surface area contributed by atoms with E-state index in [1.165, 1.54) is 23.8 Å². The Hall–Kier alpha value is -3.26. The van der Waals surface area contributed by atoms with Gasteiger partial charge in [-0.2, -0.15) is 21.1 Å². The zero-order chi connectivity index (χ0) is 22.4. The van der Waals surface area contributed by atoms with Crippen LogP contribution in [0.2, 0.25) is 0 Å². The lowest BCUT2D eigenvalue weighted by Crippen LogP contribution is -2.45. The van der Waals surface area contributed by atoms with Crippen LogP contribution < -0.4 is 0 Å². The van der Waals surface area contributed by atoms with Gasteiger partial charge in [-0.1, -0.05) is 43.6 Å². The van der Waals surface area contributed by atoms with Gasteiger partial charge in [0.05, 0.1) is 6.54 Å². The van der Waals surface area contributed by atoms with Crippen LogP contribution in [0.1, 0.15) is 50.4 Å². The van der Waals surface area contributed by atoms with E-state index in [0.29, 0.717) is 30.7 Å². The minimum absolute atomic E-state index is 0.0833. The van der Waals surface area contributed by atoms with Crippen molar-refractivity contribution in [1.82, 2.24) is 9.99 Å². The van der Waals surface area contributed by atoms with E-state index in [9.17, 15) is 0 Å². The zero-order valence-electron chi connectivity index (χ0n) is 18.0. The van der Waals surface area contributed by atoms with Gasteiger partial charge >= 0.3 is 6.15 Å². The molecule has 0 bridgehead atoms. The lowest BCUT2D eigenvalue weighted by molar-refractivity contribution is -0.191. The van der Waals surface area contributed by atoms with Gasteiger partial charge in [-0.15, -0.1) is 5.01 Å². The molecular formula is C23H28N6O2. The molecule has 0 amide bonds. The van der Waals surface area contributed by atoms with Gasteiger partial charge in [0.15, 0.2) is 0 Å². The van der Waals surface area contributed by atoms with Crippen LogP contribution in [0.25, 0.3) is 26.3 Å². The number of nitrogens with zero attached hydrogens (tertiary/aromatic N) is 5. The molecule has 1 aromatic carbocycles. The lowest BCUT2D eigenvalue weighted by atomic mass is 9.64. The summed E-state index contributed by atoms with van der Waals surface area (Å²) in [5, 5.41) is 6.92. The number of nitrogens with one attached hydrogen (secondary N) is 1. The van der Waals surface area contributed by atoms with E-state index >= 15 is 0 Å². The number of aromatic nitrogens is 1. The van der Waals surface area contributed by atoms with Gasteiger partial charge in [0.1, 0.15) is 6.04 Å². The number of hydrogen-bond donors (Lipinski definition) is 1. The highest BCUT2D eigenvalue weighted by molar-refractivity contribution is 5.84. The second-order valence-corrected chi connectivity index (χ2v) is 8.66. The molecular weight excluding hydrogens is 392 g/mol. The van der Waals surface area contributed by atoms with Crippen LogP contribution in [0.3, 0.4) is 0 Å². The first-order valence-electron chi connectivity index (χ1n) is 10.8. The molecule has 1 N–H and O–H groups in total. The Labute approximate surface area is 182 Å². The van der Waals surface area contributed by atoms with Gasteiger partial charge < -0.3 is 4.98 Å². The largest absolute Gasteiger partial charge is 0.373 e. The van der Waals surface area contributed by atoms with E-state index < -0.39 is 0 Å². The molecule has 31 heavy (non-hydrogen) atoms. The van der Waals surface area contributed by atoms with Crippen molar-refractivity contribution >= 4 is 17.1 Å². The van der Waals surface area contributed by atoms with Gasteiger partial charge in [0.2, 0.25) is 0 Å². The van der Waals surface area contributed by atoms with Gasteiger partial charge in [-0.05, 0) is 60.1 Å². The second kappa shape index (κ2) is 10.2. The molecule has 1 aromatic heterocycles. The molecule has 8 heteroatoms. The van der Waals surface area contributed by atoms with Crippen molar-refractivity contribution in [1.29, 1.82) is 0 Å². The molecule has 4 rings (SSSR count). The van der Waals surface area contributed by atoms with E-state index in [0.717, 1.165) is 30.1 Å². The number of hydrogen-bond acceptors (Lipinski definition) is 4. The molecule has 0 unspecified atom stereocenters. The summed E-state index contributed by atoms with van der Waals surface area (Å²) < 4.78 is 0. The number of azide groups is 1. The van der Waals surface area contributed by atoms with Gasteiger partial charge in [0, 0.05) is 28.1 Å². The summed E-state index contributed by atoms with van der Waals surface area (Å²) in [5.74, 6) is 2.76. The van der Waals surface area contributed by atoms with Crippen molar-refractivity contribution in [3.63, 3.8) is 0 Å². The highest BCUT2D eigenvalue weighted by Crippen LogP contribution is 2.49. The van der Waals surface area contributed by atoms with Gasteiger partial charge in [0.25, 0.3) is 0 Å². The predicted molar refractivity (Wildman–Crippen MR) is 116 cm³/mol. The maximum absolute atomic E-state index is 8.69. The molecule has 162 valence electrons. The number of fused-ring (bicyclic) bond motifs is 2. The molecule has 2 aliphatic rings. The van der Waals surface area contributed by atoms with E-state index in [4.69, 9.17) is 21.7 Å². The van der Waals surface area contributed by atoms with E-state index in [2.05, 4.69) is 45.9 Å². The molecule has 2 fully saturated rings. The number of carbonyl (C=O) groups excluding carboxylic acids is 2. The van der Waals surface area contributed by atoms with E-state index in [-0.39, 0.29) is 12.2 Å². The summed E-state index contributed by atoms with van der Waals surface area (Å²) in [5.41, 5.74) is 12.1. The van der Waals surface area contributed by atoms with Gasteiger partial charge in [-0.3, -0.25) is 0 Å². The Morgan fingerprint density at radius 1 is 1.29 bits per heavy atom. The topological polar surface area (TPSA) is 106 Å². The average Bonchev–Trinajstić information content (AvgIpc) is 3.15. The fourth-order valence-corrected chi connectivity index (χ4v) is 5.54. The molecule has 8 nitrogen and oxygen atoms in total. The Balaban J connectivity index is 0.000000858. The third kappa shape index (κ3) is 4.59. The first kappa shape index (κ1) is 22.4. The first-order chi connectivity index (χ1) is 15.0. The number of H-pyrrole nitrogens is 1. The normalized spacial score (nSPS) is 27.1. The molecule has 0 radical (unpaired) electrons. The van der Waals surface area contributed by atoms with Crippen LogP contribution in [-0.4, -0.2) is 29.2 Å². The third-order valence-electron chi connectivity index (χ3n) is 7.28. The van der Waals surface area contributed by atoms with Crippen LogP contribution >= 0.6 is 0 Å². The van der Waals surface area contributed by atoms with Crippen molar-refractivity contribution in [2.75, 3.05) is 13.1 Å². The molecule has 2 aromatic rings. The summed E-state index contributed by atoms with van der Waals surface area (Å²) in [6.07, 6.45) is 4.50. The van der Waals surface area contributed by atoms with E-state index in [1.807, 2.05) is 17.1 Å². The molecule has 0 spiro atoms. The average molecular weight is 421 g/mol. The highest BCUT2D eigenvalue weighted by atomic mass is 16.2. The Bertz CT molecular complexity index is 1030. The van der Waals surface area contributed by atoms with Crippen LogP contribution in [0, 0.1) is 30.2 Å². The maximum Gasteiger partial charge on any atom is 0.373 e. The van der Waals surface area contributed by atoms with Crippen LogP contribution in [0.5, 0.6) is 0 Å². The fraction of sp³-hybridized carbons (Fsp3) is 0.565. The second-order valence-electron chi connectivity index (χ2n) is 8.66. The Morgan fingerprint density at radius 2 is 2.03 bits per heavy atom. The Morgan fingerprint density at radius 3 is 2.74 bits per heavy atom. The number of para-hydroxylation sites is 1. The van der Waals surface area contributed by atoms with Crippen molar-refractivity contribution < 1.29 is 9.59 Å². The summed E-state index contributed by atoms with van der Waals surface area (Å²) in [6.45, 7) is 13.9. The summed E-state index contributed by atoms with van der Waals surface area (Å²) >= 11 is 0. The summed E-state index contributed by atoms with van der Waals surface area (Å²) in [7, 11) is 0. The van der Waals surface area contributed by atoms with Gasteiger partial charge in [-0.25, -0.2) is 0 Å². The fourth-order valence-electron chi connectivity index (χ4n) is 5.54. The minimum Gasteiger partial charge on any atom is -0.356 e. The lowest BCUT2D eigenvalue weighted by Gasteiger charge is -2.46. The minimum atomic E-state index is 0.0833. The van der Waals surface area contributed by atoms with Crippen molar-refractivity contribution in [3.05, 3.63) is 57.5 Å². The third-order valence-corrected chi connectivity index (χ3v) is 7.28. The molecule has 2 heterocycles.